The minimum absolute atomic E-state index is 0.0379. The van der Waals surface area contributed by atoms with Gasteiger partial charge in [0, 0.05) is 25.7 Å². The summed E-state index contributed by atoms with van der Waals surface area (Å²) in [5.74, 6) is -0.209. The zero-order valence-corrected chi connectivity index (χ0v) is 14.5. The Hall–Kier alpha value is -2.48. The molecule has 27 heavy (non-hydrogen) atoms. The summed E-state index contributed by atoms with van der Waals surface area (Å²) < 4.78 is 60.7. The molecule has 1 aliphatic heterocycles. The Bertz CT molecular complexity index is 837. The van der Waals surface area contributed by atoms with Crippen LogP contribution in [0.1, 0.15) is 12.8 Å². The van der Waals surface area contributed by atoms with Crippen LogP contribution in [0.15, 0.2) is 18.2 Å². The topological polar surface area (TPSA) is 136 Å². The molecule has 0 spiro atoms. The van der Waals surface area contributed by atoms with Gasteiger partial charge in [-0.3, -0.25) is 20.2 Å². The zero-order chi connectivity index (χ0) is 20.4. The Kier molecular flexibility index (Phi) is 5.89. The Morgan fingerprint density at radius 2 is 1.74 bits per heavy atom. The Balaban J connectivity index is 2.00. The van der Waals surface area contributed by atoms with Gasteiger partial charge < -0.3 is 5.32 Å². The van der Waals surface area contributed by atoms with Gasteiger partial charge in [0.1, 0.15) is 5.69 Å². The molecule has 0 amide bonds. The lowest BCUT2D eigenvalue weighted by Crippen LogP contribution is -2.45. The standard InChI is InChI=1S/C13H15F3N4O6S/c14-13(15,16)27(25,26)18-5-3-9(4-6-18)8-17-11-2-1-10(19(21)22)7-12(11)20(23)24/h1-2,7,9,17H,3-6,8H2. The lowest BCUT2D eigenvalue weighted by molar-refractivity contribution is -0.393. The third kappa shape index (κ3) is 4.63. The van der Waals surface area contributed by atoms with Crippen molar-refractivity contribution in [3.8, 4) is 0 Å². The van der Waals surface area contributed by atoms with Gasteiger partial charge in [0.25, 0.3) is 11.4 Å². The van der Waals surface area contributed by atoms with Crippen LogP contribution in [0.5, 0.6) is 0 Å². The van der Waals surface area contributed by atoms with E-state index in [0.29, 0.717) is 4.31 Å². The monoisotopic (exact) mass is 412 g/mol. The third-order valence-electron chi connectivity index (χ3n) is 4.18. The molecule has 2 rings (SSSR count). The molecule has 14 heteroatoms. The summed E-state index contributed by atoms with van der Waals surface area (Å²) in [6.45, 7) is -0.467. The highest BCUT2D eigenvalue weighted by Gasteiger charge is 2.50. The van der Waals surface area contributed by atoms with E-state index in [0.717, 1.165) is 12.1 Å². The Morgan fingerprint density at radius 3 is 2.22 bits per heavy atom. The van der Waals surface area contributed by atoms with E-state index in [-0.39, 0.29) is 44.1 Å². The third-order valence-corrected chi connectivity index (χ3v) is 5.81. The van der Waals surface area contributed by atoms with Gasteiger partial charge in [-0.2, -0.15) is 17.5 Å². The number of sulfonamides is 1. The predicted molar refractivity (Wildman–Crippen MR) is 87.5 cm³/mol. The molecular formula is C13H15F3N4O6S. The molecule has 0 atom stereocenters. The second-order valence-corrected chi connectivity index (χ2v) is 7.82. The Labute approximate surface area is 151 Å². The van der Waals surface area contributed by atoms with Crippen molar-refractivity contribution in [1.82, 2.24) is 4.31 Å². The molecule has 1 aromatic carbocycles. The summed E-state index contributed by atoms with van der Waals surface area (Å²) in [6.07, 6.45) is 0.284. The highest BCUT2D eigenvalue weighted by Crippen LogP contribution is 2.32. The van der Waals surface area contributed by atoms with Gasteiger partial charge in [-0.1, -0.05) is 0 Å². The van der Waals surface area contributed by atoms with Gasteiger partial charge in [-0.05, 0) is 24.8 Å². The molecule has 1 saturated heterocycles. The molecule has 1 N–H and O–H groups in total. The van der Waals surface area contributed by atoms with E-state index in [4.69, 9.17) is 0 Å². The largest absolute Gasteiger partial charge is 0.511 e. The highest BCUT2D eigenvalue weighted by molar-refractivity contribution is 7.90. The maximum Gasteiger partial charge on any atom is 0.511 e. The van der Waals surface area contributed by atoms with Gasteiger partial charge in [0.05, 0.1) is 15.9 Å². The molecule has 1 aromatic rings. The summed E-state index contributed by atoms with van der Waals surface area (Å²) in [7, 11) is -5.36. The average Bonchev–Trinajstić information content (AvgIpc) is 2.59. The number of non-ortho nitro benzene ring substituents is 1. The van der Waals surface area contributed by atoms with Gasteiger partial charge in [0.2, 0.25) is 0 Å². The minimum Gasteiger partial charge on any atom is -0.379 e. The number of nitro benzene ring substituents is 2. The minimum atomic E-state index is -5.36. The molecule has 0 radical (unpaired) electrons. The number of alkyl halides is 3. The van der Waals surface area contributed by atoms with Gasteiger partial charge >= 0.3 is 15.5 Å². The molecule has 0 saturated carbocycles. The fourth-order valence-electron chi connectivity index (χ4n) is 2.69. The van der Waals surface area contributed by atoms with Crippen LogP contribution in [0.4, 0.5) is 30.2 Å². The molecule has 1 heterocycles. The van der Waals surface area contributed by atoms with E-state index in [2.05, 4.69) is 5.32 Å². The second kappa shape index (κ2) is 7.64. The van der Waals surface area contributed by atoms with Crippen molar-refractivity contribution >= 4 is 27.1 Å². The summed E-state index contributed by atoms with van der Waals surface area (Å²) in [6, 6.07) is 3.08. The van der Waals surface area contributed by atoms with E-state index < -0.39 is 36.8 Å². The van der Waals surface area contributed by atoms with Crippen LogP contribution in [0, 0.1) is 26.1 Å². The maximum absolute atomic E-state index is 12.5. The molecule has 0 aromatic heterocycles. The lowest BCUT2D eigenvalue weighted by Gasteiger charge is -2.31. The summed E-state index contributed by atoms with van der Waals surface area (Å²) >= 11 is 0. The van der Waals surface area contributed by atoms with Crippen LogP contribution in [-0.2, 0) is 10.0 Å². The van der Waals surface area contributed by atoms with Crippen molar-refractivity contribution in [3.05, 3.63) is 38.4 Å². The van der Waals surface area contributed by atoms with Crippen LogP contribution in [0.3, 0.4) is 0 Å². The van der Waals surface area contributed by atoms with Crippen molar-refractivity contribution in [3.63, 3.8) is 0 Å². The molecule has 0 bridgehead atoms. The van der Waals surface area contributed by atoms with Crippen molar-refractivity contribution < 1.29 is 31.4 Å². The molecule has 1 aliphatic rings. The molecule has 0 unspecified atom stereocenters. The summed E-state index contributed by atoms with van der Waals surface area (Å²) in [5, 5.41) is 24.5. The number of anilines is 1. The second-order valence-electron chi connectivity index (χ2n) is 5.89. The fraction of sp³-hybridized carbons (Fsp3) is 0.538. The van der Waals surface area contributed by atoms with E-state index in [1.807, 2.05) is 0 Å². The van der Waals surface area contributed by atoms with Crippen LogP contribution in [0.25, 0.3) is 0 Å². The number of hydrogen-bond donors (Lipinski definition) is 1. The first-order valence-corrected chi connectivity index (χ1v) is 9.10. The van der Waals surface area contributed by atoms with E-state index in [1.165, 1.54) is 6.07 Å². The van der Waals surface area contributed by atoms with Gasteiger partial charge in [0.15, 0.2) is 0 Å². The molecule has 1 fully saturated rings. The van der Waals surface area contributed by atoms with Gasteiger partial charge in [-0.25, -0.2) is 8.42 Å². The Morgan fingerprint density at radius 1 is 1.15 bits per heavy atom. The summed E-state index contributed by atoms with van der Waals surface area (Å²) in [4.78, 5) is 20.2. The number of halogens is 3. The van der Waals surface area contributed by atoms with Crippen molar-refractivity contribution in [1.29, 1.82) is 0 Å². The SMILES string of the molecule is O=[N+]([O-])c1ccc(NCC2CCN(S(=O)(=O)C(F)(F)F)CC2)c([N+](=O)[O-])c1. The molecular weight excluding hydrogens is 397 g/mol. The quantitative estimate of drug-likeness (QED) is 0.560. The van der Waals surface area contributed by atoms with E-state index in [1.54, 1.807) is 0 Å². The normalized spacial score (nSPS) is 16.9. The predicted octanol–water partition coefficient (Wildman–Crippen LogP) is 2.48. The maximum atomic E-state index is 12.5. The van der Waals surface area contributed by atoms with E-state index >= 15 is 0 Å². The molecule has 10 nitrogen and oxygen atoms in total. The fourth-order valence-corrected chi connectivity index (χ4v) is 3.67. The van der Waals surface area contributed by atoms with Crippen molar-refractivity contribution in [2.24, 2.45) is 5.92 Å². The number of nitro groups is 2. The van der Waals surface area contributed by atoms with Crippen LogP contribution < -0.4 is 5.32 Å². The smallest absolute Gasteiger partial charge is 0.379 e. The van der Waals surface area contributed by atoms with Crippen molar-refractivity contribution in [2.75, 3.05) is 25.0 Å². The van der Waals surface area contributed by atoms with Crippen LogP contribution in [0.2, 0.25) is 0 Å². The average molecular weight is 412 g/mol. The van der Waals surface area contributed by atoms with E-state index in [9.17, 15) is 41.8 Å². The number of rotatable bonds is 6. The highest BCUT2D eigenvalue weighted by atomic mass is 32.2. The molecule has 0 aliphatic carbocycles. The number of hydrogen-bond acceptors (Lipinski definition) is 7. The summed E-state index contributed by atoms with van der Waals surface area (Å²) in [5.41, 5.74) is -6.26. The number of nitrogens with one attached hydrogen (secondary N) is 1. The lowest BCUT2D eigenvalue weighted by atomic mass is 9.98. The number of piperidine rings is 1. The van der Waals surface area contributed by atoms with Crippen molar-refractivity contribution in [2.45, 2.75) is 18.3 Å². The zero-order valence-electron chi connectivity index (χ0n) is 13.7. The molecule has 150 valence electrons. The first-order chi connectivity index (χ1) is 12.4. The number of nitrogens with zero attached hydrogens (tertiary/aromatic N) is 3. The van der Waals surface area contributed by atoms with Crippen LogP contribution in [-0.4, -0.2) is 47.7 Å². The van der Waals surface area contributed by atoms with Gasteiger partial charge in [-0.15, -0.1) is 0 Å². The first kappa shape index (κ1) is 20.8. The van der Waals surface area contributed by atoms with Crippen LogP contribution >= 0.6 is 0 Å². The first-order valence-electron chi connectivity index (χ1n) is 7.66. The number of benzene rings is 1.